The summed E-state index contributed by atoms with van der Waals surface area (Å²) in [5.74, 6) is 0.791. The molecule has 0 aliphatic heterocycles. The van der Waals surface area contributed by atoms with Crippen LogP contribution in [0.25, 0.3) is 11.3 Å². The van der Waals surface area contributed by atoms with Gasteiger partial charge in [-0.1, -0.05) is 66.2 Å². The standard InChI is InChI=1S/C26H23N3O2/c1-18-11-13-20(14-12-18)19(2)29-26(30)22-9-6-10-23(15-22)31-25-16-24(27-17-28-25)21-7-4-3-5-8-21/h3-17,19H,1-2H3,(H,29,30). The molecule has 0 aliphatic carbocycles. The van der Waals surface area contributed by atoms with Crippen LogP contribution in [0.15, 0.2) is 91.3 Å². The fourth-order valence-corrected chi connectivity index (χ4v) is 3.20. The molecular weight excluding hydrogens is 386 g/mol. The molecule has 1 amide bonds. The van der Waals surface area contributed by atoms with Crippen LogP contribution >= 0.6 is 0 Å². The lowest BCUT2D eigenvalue weighted by Gasteiger charge is -2.15. The van der Waals surface area contributed by atoms with Gasteiger partial charge in [0.25, 0.3) is 5.91 Å². The topological polar surface area (TPSA) is 64.1 Å². The van der Waals surface area contributed by atoms with Gasteiger partial charge < -0.3 is 10.1 Å². The minimum Gasteiger partial charge on any atom is -0.439 e. The molecule has 0 bridgehead atoms. The molecule has 4 aromatic rings. The predicted octanol–water partition coefficient (Wildman–Crippen LogP) is 5.74. The Morgan fingerprint density at radius 2 is 1.68 bits per heavy atom. The zero-order chi connectivity index (χ0) is 21.6. The molecule has 0 saturated carbocycles. The smallest absolute Gasteiger partial charge is 0.251 e. The third kappa shape index (κ3) is 5.14. The molecule has 0 radical (unpaired) electrons. The highest BCUT2D eigenvalue weighted by molar-refractivity contribution is 5.94. The highest BCUT2D eigenvalue weighted by Gasteiger charge is 2.13. The van der Waals surface area contributed by atoms with Crippen molar-refractivity contribution >= 4 is 5.91 Å². The van der Waals surface area contributed by atoms with E-state index in [-0.39, 0.29) is 11.9 Å². The second-order valence-electron chi connectivity index (χ2n) is 7.34. The van der Waals surface area contributed by atoms with Crippen molar-refractivity contribution in [3.63, 3.8) is 0 Å². The first kappa shape index (κ1) is 20.3. The summed E-state index contributed by atoms with van der Waals surface area (Å²) in [4.78, 5) is 21.3. The van der Waals surface area contributed by atoms with Gasteiger partial charge >= 0.3 is 0 Å². The van der Waals surface area contributed by atoms with Crippen molar-refractivity contribution in [2.75, 3.05) is 0 Å². The Balaban J connectivity index is 1.47. The molecule has 1 heterocycles. The van der Waals surface area contributed by atoms with Crippen molar-refractivity contribution < 1.29 is 9.53 Å². The minimum atomic E-state index is -0.161. The van der Waals surface area contributed by atoms with Gasteiger partial charge in [0.15, 0.2) is 0 Å². The maximum atomic E-state index is 12.7. The van der Waals surface area contributed by atoms with Crippen molar-refractivity contribution in [1.29, 1.82) is 0 Å². The molecule has 1 unspecified atom stereocenters. The Labute approximate surface area is 181 Å². The molecule has 31 heavy (non-hydrogen) atoms. The number of hydrogen-bond donors (Lipinski definition) is 1. The Morgan fingerprint density at radius 1 is 0.903 bits per heavy atom. The second kappa shape index (κ2) is 9.22. The van der Waals surface area contributed by atoms with Crippen LogP contribution in [0.4, 0.5) is 0 Å². The number of rotatable bonds is 6. The Bertz CT molecular complexity index is 1170. The summed E-state index contributed by atoms with van der Waals surface area (Å²) in [7, 11) is 0. The van der Waals surface area contributed by atoms with Gasteiger partial charge in [0, 0.05) is 17.2 Å². The lowest BCUT2D eigenvalue weighted by molar-refractivity contribution is 0.0939. The number of aromatic nitrogens is 2. The molecule has 0 fully saturated rings. The summed E-state index contributed by atoms with van der Waals surface area (Å²) in [5.41, 5.74) is 4.52. The van der Waals surface area contributed by atoms with Crippen LogP contribution in [0.1, 0.15) is 34.5 Å². The van der Waals surface area contributed by atoms with E-state index in [1.165, 1.54) is 11.9 Å². The van der Waals surface area contributed by atoms with Crippen LogP contribution in [0.2, 0.25) is 0 Å². The van der Waals surface area contributed by atoms with E-state index in [2.05, 4.69) is 15.3 Å². The van der Waals surface area contributed by atoms with Gasteiger partial charge in [-0.15, -0.1) is 0 Å². The van der Waals surface area contributed by atoms with Crippen molar-refractivity contribution in [1.82, 2.24) is 15.3 Å². The average molecular weight is 409 g/mol. The van der Waals surface area contributed by atoms with E-state index in [9.17, 15) is 4.79 Å². The van der Waals surface area contributed by atoms with E-state index in [4.69, 9.17) is 4.74 Å². The molecule has 3 aromatic carbocycles. The van der Waals surface area contributed by atoms with Gasteiger partial charge in [-0.3, -0.25) is 4.79 Å². The summed E-state index contributed by atoms with van der Waals surface area (Å²) in [6.07, 6.45) is 1.47. The van der Waals surface area contributed by atoms with Crippen LogP contribution in [-0.2, 0) is 0 Å². The van der Waals surface area contributed by atoms with E-state index in [0.29, 0.717) is 17.2 Å². The Hall–Kier alpha value is -3.99. The van der Waals surface area contributed by atoms with Gasteiger partial charge in [0.1, 0.15) is 12.1 Å². The number of amides is 1. The molecule has 5 heteroatoms. The SMILES string of the molecule is Cc1ccc(C(C)NC(=O)c2cccc(Oc3cc(-c4ccccc4)ncn3)c2)cc1. The van der Waals surface area contributed by atoms with Crippen LogP contribution in [0.5, 0.6) is 11.6 Å². The molecule has 1 aromatic heterocycles. The normalized spacial score (nSPS) is 11.5. The minimum absolute atomic E-state index is 0.104. The van der Waals surface area contributed by atoms with Crippen LogP contribution in [0, 0.1) is 6.92 Å². The van der Waals surface area contributed by atoms with Gasteiger partial charge in [-0.25, -0.2) is 9.97 Å². The summed E-state index contributed by atoms with van der Waals surface area (Å²) in [6.45, 7) is 4.01. The van der Waals surface area contributed by atoms with Gasteiger partial charge in [0.05, 0.1) is 11.7 Å². The van der Waals surface area contributed by atoms with Gasteiger partial charge in [-0.2, -0.15) is 0 Å². The van der Waals surface area contributed by atoms with E-state index in [1.54, 1.807) is 30.3 Å². The number of benzene rings is 3. The Morgan fingerprint density at radius 3 is 2.45 bits per heavy atom. The second-order valence-corrected chi connectivity index (χ2v) is 7.34. The van der Waals surface area contributed by atoms with Gasteiger partial charge in [-0.05, 0) is 37.6 Å². The summed E-state index contributed by atoms with van der Waals surface area (Å²) in [5, 5.41) is 3.03. The van der Waals surface area contributed by atoms with Crippen molar-refractivity contribution in [2.24, 2.45) is 0 Å². The molecule has 0 spiro atoms. The zero-order valence-corrected chi connectivity index (χ0v) is 17.4. The highest BCUT2D eigenvalue weighted by atomic mass is 16.5. The third-order valence-electron chi connectivity index (χ3n) is 4.96. The highest BCUT2D eigenvalue weighted by Crippen LogP contribution is 2.24. The van der Waals surface area contributed by atoms with Crippen molar-refractivity contribution in [2.45, 2.75) is 19.9 Å². The maximum Gasteiger partial charge on any atom is 0.251 e. The van der Waals surface area contributed by atoms with Crippen LogP contribution < -0.4 is 10.1 Å². The zero-order valence-electron chi connectivity index (χ0n) is 17.4. The first-order chi connectivity index (χ1) is 15.1. The number of carbonyl (C=O) groups excluding carboxylic acids is 1. The van der Waals surface area contributed by atoms with E-state index >= 15 is 0 Å². The molecule has 4 rings (SSSR count). The summed E-state index contributed by atoms with van der Waals surface area (Å²) < 4.78 is 5.90. The molecule has 154 valence electrons. The lowest BCUT2D eigenvalue weighted by atomic mass is 10.1. The molecule has 1 atom stereocenters. The first-order valence-corrected chi connectivity index (χ1v) is 10.1. The number of nitrogens with zero attached hydrogens (tertiary/aromatic N) is 2. The van der Waals surface area contributed by atoms with Crippen LogP contribution in [0.3, 0.4) is 0 Å². The lowest BCUT2D eigenvalue weighted by Crippen LogP contribution is -2.26. The maximum absolute atomic E-state index is 12.7. The fourth-order valence-electron chi connectivity index (χ4n) is 3.20. The van der Waals surface area contributed by atoms with E-state index in [1.807, 2.05) is 68.4 Å². The number of nitrogens with one attached hydrogen (secondary N) is 1. The van der Waals surface area contributed by atoms with Gasteiger partial charge in [0.2, 0.25) is 5.88 Å². The molecule has 0 aliphatic rings. The molecule has 0 saturated heterocycles. The number of carbonyl (C=O) groups is 1. The number of ether oxygens (including phenoxy) is 1. The predicted molar refractivity (Wildman–Crippen MR) is 121 cm³/mol. The molecule has 5 nitrogen and oxygen atoms in total. The van der Waals surface area contributed by atoms with E-state index < -0.39 is 0 Å². The van der Waals surface area contributed by atoms with Crippen molar-refractivity contribution in [3.05, 3.63) is 108 Å². The fraction of sp³-hybridized carbons (Fsp3) is 0.115. The Kier molecular flexibility index (Phi) is 6.03. The number of aryl methyl sites for hydroxylation is 1. The van der Waals surface area contributed by atoms with E-state index in [0.717, 1.165) is 16.8 Å². The molecular formula is C26H23N3O2. The third-order valence-corrected chi connectivity index (χ3v) is 4.96. The van der Waals surface area contributed by atoms with Crippen molar-refractivity contribution in [3.8, 4) is 22.9 Å². The largest absolute Gasteiger partial charge is 0.439 e. The first-order valence-electron chi connectivity index (χ1n) is 10.1. The van der Waals surface area contributed by atoms with Crippen LogP contribution in [-0.4, -0.2) is 15.9 Å². The molecule has 1 N–H and O–H groups in total. The quantitative estimate of drug-likeness (QED) is 0.441. The monoisotopic (exact) mass is 409 g/mol. The summed E-state index contributed by atoms with van der Waals surface area (Å²) >= 11 is 0. The summed E-state index contributed by atoms with van der Waals surface area (Å²) in [6, 6.07) is 26.7. The number of hydrogen-bond acceptors (Lipinski definition) is 4. The average Bonchev–Trinajstić information content (AvgIpc) is 2.80.